The van der Waals surface area contributed by atoms with Crippen LogP contribution in [0.2, 0.25) is 0 Å². The molecule has 2 heterocycles. The maximum atomic E-state index is 11.2. The van der Waals surface area contributed by atoms with Gasteiger partial charge in [-0.25, -0.2) is 4.79 Å². The van der Waals surface area contributed by atoms with Crippen molar-refractivity contribution in [3.8, 4) is 0 Å². The average Bonchev–Trinajstić information content (AvgIpc) is 2.70. The summed E-state index contributed by atoms with van der Waals surface area (Å²) in [6.45, 7) is 4.29. The molecule has 1 N–H and O–H groups in total. The number of rotatable bonds is 3. The quantitative estimate of drug-likeness (QED) is 0.873. The number of anilines is 1. The lowest BCUT2D eigenvalue weighted by Gasteiger charge is -2.31. The molecule has 0 aliphatic carbocycles. The monoisotopic (exact) mass is 234 g/mol. The van der Waals surface area contributed by atoms with Crippen molar-refractivity contribution in [3.05, 3.63) is 24.0 Å². The molecule has 4 heteroatoms. The van der Waals surface area contributed by atoms with Crippen molar-refractivity contribution in [1.29, 1.82) is 0 Å². The molecule has 4 nitrogen and oxygen atoms in total. The number of pyridine rings is 1. The second-order valence-electron chi connectivity index (χ2n) is 4.59. The van der Waals surface area contributed by atoms with E-state index < -0.39 is 5.97 Å². The summed E-state index contributed by atoms with van der Waals surface area (Å²) < 4.78 is 0. The van der Waals surface area contributed by atoms with Gasteiger partial charge in [0.25, 0.3) is 0 Å². The van der Waals surface area contributed by atoms with Gasteiger partial charge in [-0.15, -0.1) is 0 Å². The molecular formula is C13H18N2O2. The molecule has 17 heavy (non-hydrogen) atoms. The van der Waals surface area contributed by atoms with Gasteiger partial charge in [0.15, 0.2) is 0 Å². The number of carboxylic acid groups (broad SMARTS) is 1. The number of nitrogens with zero attached hydrogens (tertiary/aromatic N) is 2. The van der Waals surface area contributed by atoms with E-state index in [0.717, 1.165) is 24.9 Å². The molecule has 0 saturated carbocycles. The largest absolute Gasteiger partial charge is 0.478 e. The van der Waals surface area contributed by atoms with Crippen LogP contribution in [0.5, 0.6) is 0 Å². The van der Waals surface area contributed by atoms with Gasteiger partial charge >= 0.3 is 5.97 Å². The summed E-state index contributed by atoms with van der Waals surface area (Å²) in [7, 11) is 0. The molecular weight excluding hydrogens is 216 g/mol. The third kappa shape index (κ3) is 2.12. The van der Waals surface area contributed by atoms with Crippen LogP contribution in [0.3, 0.4) is 0 Å². The van der Waals surface area contributed by atoms with Crippen molar-refractivity contribution < 1.29 is 9.90 Å². The van der Waals surface area contributed by atoms with Crippen LogP contribution in [0.4, 0.5) is 5.69 Å². The lowest BCUT2D eigenvalue weighted by Crippen LogP contribution is -2.35. The Morgan fingerprint density at radius 3 is 3.00 bits per heavy atom. The number of carboxylic acids is 1. The Morgan fingerprint density at radius 1 is 1.59 bits per heavy atom. The lowest BCUT2D eigenvalue weighted by molar-refractivity contribution is 0.0697. The highest BCUT2D eigenvalue weighted by atomic mass is 16.4. The minimum atomic E-state index is -0.878. The Labute approximate surface area is 101 Å². The summed E-state index contributed by atoms with van der Waals surface area (Å²) in [5.41, 5.74) is 1.11. The van der Waals surface area contributed by atoms with Gasteiger partial charge in [0.1, 0.15) is 0 Å². The molecule has 0 spiro atoms. The van der Waals surface area contributed by atoms with E-state index in [1.165, 1.54) is 6.20 Å². The zero-order chi connectivity index (χ0) is 12.4. The van der Waals surface area contributed by atoms with E-state index in [1.54, 1.807) is 12.3 Å². The van der Waals surface area contributed by atoms with Crippen LogP contribution in [0.1, 0.15) is 43.5 Å². The number of aromatic nitrogens is 1. The first kappa shape index (κ1) is 11.9. The molecule has 2 rings (SSSR count). The molecule has 0 aromatic carbocycles. The first-order valence-corrected chi connectivity index (χ1v) is 6.10. The zero-order valence-corrected chi connectivity index (χ0v) is 10.3. The van der Waals surface area contributed by atoms with Gasteiger partial charge in [-0.05, 0) is 32.3 Å². The summed E-state index contributed by atoms with van der Waals surface area (Å²) >= 11 is 0. The minimum Gasteiger partial charge on any atom is -0.478 e. The van der Waals surface area contributed by atoms with E-state index in [0.29, 0.717) is 17.6 Å². The summed E-state index contributed by atoms with van der Waals surface area (Å²) in [5.74, 6) is -0.878. The fraction of sp³-hybridized carbons (Fsp3) is 0.538. The predicted molar refractivity (Wildman–Crippen MR) is 66.5 cm³/mol. The van der Waals surface area contributed by atoms with Crippen molar-refractivity contribution in [2.45, 2.75) is 45.2 Å². The standard InChI is InChI=1S/C13H18N2O2/c1-3-10-5-4-9(2)15(10)12-8-14-7-6-11(12)13(16)17/h6-10H,3-5H2,1-2H3,(H,16,17). The number of aromatic carboxylic acids is 1. The van der Waals surface area contributed by atoms with Gasteiger partial charge in [0, 0.05) is 18.3 Å². The highest BCUT2D eigenvalue weighted by Gasteiger charge is 2.31. The topological polar surface area (TPSA) is 53.4 Å². The van der Waals surface area contributed by atoms with Crippen molar-refractivity contribution >= 4 is 11.7 Å². The Balaban J connectivity index is 2.41. The van der Waals surface area contributed by atoms with Crippen molar-refractivity contribution in [1.82, 2.24) is 4.98 Å². The van der Waals surface area contributed by atoms with Crippen molar-refractivity contribution in [3.63, 3.8) is 0 Å². The van der Waals surface area contributed by atoms with E-state index >= 15 is 0 Å². The normalized spacial score (nSPS) is 24.0. The van der Waals surface area contributed by atoms with Crippen molar-refractivity contribution in [2.24, 2.45) is 0 Å². The van der Waals surface area contributed by atoms with Crippen LogP contribution in [0.15, 0.2) is 18.5 Å². The van der Waals surface area contributed by atoms with Gasteiger partial charge < -0.3 is 10.0 Å². The van der Waals surface area contributed by atoms with Crippen molar-refractivity contribution in [2.75, 3.05) is 4.90 Å². The molecule has 92 valence electrons. The fourth-order valence-corrected chi connectivity index (χ4v) is 2.68. The highest BCUT2D eigenvalue weighted by Crippen LogP contribution is 2.33. The number of carbonyl (C=O) groups is 1. The SMILES string of the molecule is CCC1CCC(C)N1c1cnccc1C(=O)O. The van der Waals surface area contributed by atoms with E-state index in [4.69, 9.17) is 0 Å². The number of hydrogen-bond donors (Lipinski definition) is 1. The maximum Gasteiger partial charge on any atom is 0.337 e. The van der Waals surface area contributed by atoms with Gasteiger partial charge in [-0.2, -0.15) is 0 Å². The molecule has 1 aliphatic rings. The summed E-state index contributed by atoms with van der Waals surface area (Å²) in [5, 5.41) is 9.22. The number of hydrogen-bond acceptors (Lipinski definition) is 3. The summed E-state index contributed by atoms with van der Waals surface area (Å²) in [4.78, 5) is 17.5. The molecule has 1 fully saturated rings. The van der Waals surface area contributed by atoms with Crippen LogP contribution >= 0.6 is 0 Å². The molecule has 1 aliphatic heterocycles. The lowest BCUT2D eigenvalue weighted by atomic mass is 10.1. The first-order valence-electron chi connectivity index (χ1n) is 6.10. The van der Waals surface area contributed by atoms with E-state index in [2.05, 4.69) is 23.7 Å². The van der Waals surface area contributed by atoms with Gasteiger partial charge in [-0.1, -0.05) is 6.92 Å². The minimum absolute atomic E-state index is 0.354. The third-order valence-corrected chi connectivity index (χ3v) is 3.57. The predicted octanol–water partition coefficient (Wildman–Crippen LogP) is 2.55. The molecule has 1 aromatic rings. The summed E-state index contributed by atoms with van der Waals surface area (Å²) in [6, 6.07) is 2.41. The van der Waals surface area contributed by atoms with Crippen LogP contribution < -0.4 is 4.90 Å². The van der Waals surface area contributed by atoms with Crippen LogP contribution in [-0.4, -0.2) is 28.1 Å². The highest BCUT2D eigenvalue weighted by molar-refractivity contribution is 5.94. The fourth-order valence-electron chi connectivity index (χ4n) is 2.68. The Bertz CT molecular complexity index is 420. The molecule has 2 atom stereocenters. The molecule has 1 aromatic heterocycles. The van der Waals surface area contributed by atoms with Crippen LogP contribution in [0.25, 0.3) is 0 Å². The Hall–Kier alpha value is -1.58. The maximum absolute atomic E-state index is 11.2. The molecule has 2 unspecified atom stereocenters. The summed E-state index contributed by atoms with van der Waals surface area (Å²) in [6.07, 6.45) is 6.50. The van der Waals surface area contributed by atoms with Crippen LogP contribution in [0, 0.1) is 0 Å². The second kappa shape index (κ2) is 4.73. The second-order valence-corrected chi connectivity index (χ2v) is 4.59. The van der Waals surface area contributed by atoms with Gasteiger partial charge in [0.2, 0.25) is 0 Å². The van der Waals surface area contributed by atoms with Gasteiger partial charge in [-0.3, -0.25) is 4.98 Å². The van der Waals surface area contributed by atoms with E-state index in [1.807, 2.05) is 0 Å². The first-order chi connectivity index (χ1) is 8.15. The Morgan fingerprint density at radius 2 is 2.35 bits per heavy atom. The van der Waals surface area contributed by atoms with Gasteiger partial charge in [0.05, 0.1) is 17.4 Å². The molecule has 0 bridgehead atoms. The molecule has 0 radical (unpaired) electrons. The van der Waals surface area contributed by atoms with E-state index in [-0.39, 0.29) is 0 Å². The third-order valence-electron chi connectivity index (χ3n) is 3.57. The molecule has 0 amide bonds. The van der Waals surface area contributed by atoms with Crippen LogP contribution in [-0.2, 0) is 0 Å². The molecule has 1 saturated heterocycles. The Kier molecular flexibility index (Phi) is 3.31. The zero-order valence-electron chi connectivity index (χ0n) is 10.3. The average molecular weight is 234 g/mol. The van der Waals surface area contributed by atoms with E-state index in [9.17, 15) is 9.90 Å². The smallest absolute Gasteiger partial charge is 0.337 e.